The second-order valence-electron chi connectivity index (χ2n) is 5.67. The number of benzene rings is 1. The van der Waals surface area contributed by atoms with E-state index in [1.165, 1.54) is 6.33 Å². The summed E-state index contributed by atoms with van der Waals surface area (Å²) in [4.78, 5) is 24.8. The van der Waals surface area contributed by atoms with Crippen molar-refractivity contribution in [3.63, 3.8) is 0 Å². The summed E-state index contributed by atoms with van der Waals surface area (Å²) in [6.45, 7) is 5.54. The Balaban J connectivity index is 1.69. The molecule has 1 amide bonds. The van der Waals surface area contributed by atoms with Crippen LogP contribution in [0.25, 0.3) is 5.82 Å². The number of amides is 1. The van der Waals surface area contributed by atoms with Crippen molar-refractivity contribution >= 4 is 11.7 Å². The van der Waals surface area contributed by atoms with Crippen LogP contribution < -0.4 is 10.1 Å². The normalized spacial score (nSPS) is 11.8. The number of hydrogen-bond donors (Lipinski definition) is 1. The maximum atomic E-state index is 12.4. The quantitative estimate of drug-likeness (QED) is 0.774. The van der Waals surface area contributed by atoms with Crippen LogP contribution in [0.2, 0.25) is 0 Å². The fourth-order valence-electron chi connectivity index (χ4n) is 2.34. The number of carbonyl (C=O) groups excluding carboxylic acids is 1. The van der Waals surface area contributed by atoms with Crippen LogP contribution in [0.5, 0.6) is 5.75 Å². The van der Waals surface area contributed by atoms with Crippen LogP contribution in [-0.2, 0) is 4.79 Å². The summed E-state index contributed by atoms with van der Waals surface area (Å²) in [7, 11) is 0. The van der Waals surface area contributed by atoms with Gasteiger partial charge in [0, 0.05) is 18.5 Å². The number of imidazole rings is 1. The van der Waals surface area contributed by atoms with E-state index in [1.807, 2.05) is 42.7 Å². The first-order chi connectivity index (χ1) is 12.0. The van der Waals surface area contributed by atoms with Crippen molar-refractivity contribution in [3.8, 4) is 11.6 Å². The molecule has 7 heteroatoms. The molecule has 25 heavy (non-hydrogen) atoms. The van der Waals surface area contributed by atoms with Crippen molar-refractivity contribution in [2.75, 3.05) is 5.32 Å². The zero-order valence-corrected chi connectivity index (χ0v) is 14.3. The van der Waals surface area contributed by atoms with Gasteiger partial charge in [0.1, 0.15) is 29.5 Å². The molecule has 128 valence electrons. The van der Waals surface area contributed by atoms with Gasteiger partial charge in [-0.25, -0.2) is 15.0 Å². The average Bonchev–Trinajstić information content (AvgIpc) is 3.01. The molecule has 3 rings (SSSR count). The van der Waals surface area contributed by atoms with Gasteiger partial charge in [0.05, 0.1) is 0 Å². The molecular formula is C18H19N5O2. The van der Waals surface area contributed by atoms with Crippen LogP contribution >= 0.6 is 0 Å². The molecule has 1 aromatic carbocycles. The predicted octanol–water partition coefficient (Wildman–Crippen LogP) is 2.69. The third-order valence-corrected chi connectivity index (χ3v) is 3.65. The van der Waals surface area contributed by atoms with Gasteiger partial charge in [-0.1, -0.05) is 12.1 Å². The van der Waals surface area contributed by atoms with Gasteiger partial charge in [-0.15, -0.1) is 0 Å². The molecule has 3 aromatic rings. The van der Waals surface area contributed by atoms with Crippen LogP contribution in [0.4, 0.5) is 5.82 Å². The van der Waals surface area contributed by atoms with E-state index in [2.05, 4.69) is 20.3 Å². The van der Waals surface area contributed by atoms with Crippen LogP contribution in [0, 0.1) is 13.8 Å². The maximum Gasteiger partial charge on any atom is 0.266 e. The molecule has 0 aliphatic rings. The minimum absolute atomic E-state index is 0.284. The van der Waals surface area contributed by atoms with Gasteiger partial charge in [-0.3, -0.25) is 9.36 Å². The van der Waals surface area contributed by atoms with Crippen molar-refractivity contribution in [3.05, 3.63) is 60.4 Å². The van der Waals surface area contributed by atoms with Crippen LogP contribution in [0.3, 0.4) is 0 Å². The first-order valence-corrected chi connectivity index (χ1v) is 7.89. The lowest BCUT2D eigenvalue weighted by Crippen LogP contribution is -2.30. The Morgan fingerprint density at radius 1 is 1.20 bits per heavy atom. The molecule has 0 fully saturated rings. The van der Waals surface area contributed by atoms with E-state index in [1.54, 1.807) is 25.4 Å². The minimum atomic E-state index is -0.657. The molecule has 0 aliphatic heterocycles. The average molecular weight is 337 g/mol. The Labute approximate surface area is 145 Å². The van der Waals surface area contributed by atoms with Crippen LogP contribution in [0.1, 0.15) is 18.3 Å². The predicted molar refractivity (Wildman–Crippen MR) is 93.8 cm³/mol. The fraction of sp³-hybridized carbons (Fsp3) is 0.222. The summed E-state index contributed by atoms with van der Waals surface area (Å²) in [6.07, 6.45) is 4.23. The molecule has 0 saturated carbocycles. The van der Waals surface area contributed by atoms with Crippen LogP contribution in [-0.4, -0.2) is 31.5 Å². The van der Waals surface area contributed by atoms with Gasteiger partial charge in [0.25, 0.3) is 5.91 Å². The van der Waals surface area contributed by atoms with Crippen molar-refractivity contribution < 1.29 is 9.53 Å². The maximum absolute atomic E-state index is 12.4. The molecule has 0 spiro atoms. The summed E-state index contributed by atoms with van der Waals surface area (Å²) in [6, 6.07) is 9.25. The number of nitrogens with one attached hydrogen (secondary N) is 1. The molecule has 2 heterocycles. The molecule has 1 atom stereocenters. The van der Waals surface area contributed by atoms with E-state index in [0.717, 1.165) is 11.4 Å². The second-order valence-corrected chi connectivity index (χ2v) is 5.67. The van der Waals surface area contributed by atoms with E-state index >= 15 is 0 Å². The molecule has 7 nitrogen and oxygen atoms in total. The number of hydrogen-bond acceptors (Lipinski definition) is 5. The van der Waals surface area contributed by atoms with E-state index in [9.17, 15) is 4.79 Å². The molecule has 0 saturated heterocycles. The van der Waals surface area contributed by atoms with Crippen molar-refractivity contribution in [1.82, 2.24) is 19.5 Å². The Kier molecular flexibility index (Phi) is 4.74. The Bertz CT molecular complexity index is 890. The van der Waals surface area contributed by atoms with Crippen molar-refractivity contribution in [2.45, 2.75) is 26.9 Å². The molecular weight excluding hydrogens is 318 g/mol. The molecule has 1 unspecified atom stereocenters. The highest BCUT2D eigenvalue weighted by molar-refractivity contribution is 5.93. The second kappa shape index (κ2) is 7.12. The molecule has 2 aromatic heterocycles. The van der Waals surface area contributed by atoms with E-state index in [-0.39, 0.29) is 5.91 Å². The standard InChI is InChI=1S/C18H19N5O2/c1-12-5-4-6-15(9-12)25-13(2)18(24)22-16-10-17(21-11-20-16)23-8-7-19-14(23)3/h4-11,13H,1-3H3,(H,20,21,22,24). The monoisotopic (exact) mass is 337 g/mol. The zero-order chi connectivity index (χ0) is 17.8. The summed E-state index contributed by atoms with van der Waals surface area (Å²) in [5.41, 5.74) is 1.07. The smallest absolute Gasteiger partial charge is 0.266 e. The lowest BCUT2D eigenvalue weighted by atomic mass is 10.2. The summed E-state index contributed by atoms with van der Waals surface area (Å²) in [5, 5.41) is 2.75. The van der Waals surface area contributed by atoms with E-state index < -0.39 is 6.10 Å². The first kappa shape index (κ1) is 16.6. The van der Waals surface area contributed by atoms with Crippen molar-refractivity contribution in [1.29, 1.82) is 0 Å². The molecule has 0 aliphatic carbocycles. The molecule has 1 N–H and O–H groups in total. The van der Waals surface area contributed by atoms with Gasteiger partial charge in [0.2, 0.25) is 0 Å². The number of aromatic nitrogens is 4. The summed E-state index contributed by atoms with van der Waals surface area (Å²) < 4.78 is 7.49. The third-order valence-electron chi connectivity index (χ3n) is 3.65. The number of ether oxygens (including phenoxy) is 1. The molecule has 0 radical (unpaired) electrons. The SMILES string of the molecule is Cc1cccc(OC(C)C(=O)Nc2cc(-n3ccnc3C)ncn2)c1. The lowest BCUT2D eigenvalue weighted by Gasteiger charge is -2.15. The first-order valence-electron chi connectivity index (χ1n) is 7.89. The molecule has 0 bridgehead atoms. The topological polar surface area (TPSA) is 81.9 Å². The highest BCUT2D eigenvalue weighted by Crippen LogP contribution is 2.15. The van der Waals surface area contributed by atoms with E-state index in [4.69, 9.17) is 4.74 Å². The fourth-order valence-corrected chi connectivity index (χ4v) is 2.34. The van der Waals surface area contributed by atoms with Gasteiger partial charge < -0.3 is 10.1 Å². The van der Waals surface area contributed by atoms with Crippen molar-refractivity contribution in [2.24, 2.45) is 0 Å². The van der Waals surface area contributed by atoms with Crippen LogP contribution in [0.15, 0.2) is 49.1 Å². The Morgan fingerprint density at radius 2 is 2.04 bits per heavy atom. The van der Waals surface area contributed by atoms with Gasteiger partial charge in [-0.05, 0) is 38.5 Å². The number of nitrogens with zero attached hydrogens (tertiary/aromatic N) is 4. The summed E-state index contributed by atoms with van der Waals surface area (Å²) >= 11 is 0. The van der Waals surface area contributed by atoms with Gasteiger partial charge in [0.15, 0.2) is 6.10 Å². The lowest BCUT2D eigenvalue weighted by molar-refractivity contribution is -0.122. The number of rotatable bonds is 5. The van der Waals surface area contributed by atoms with Gasteiger partial charge >= 0.3 is 0 Å². The largest absolute Gasteiger partial charge is 0.481 e. The number of anilines is 1. The third kappa shape index (κ3) is 4.00. The number of aryl methyl sites for hydroxylation is 2. The zero-order valence-electron chi connectivity index (χ0n) is 14.3. The summed E-state index contributed by atoms with van der Waals surface area (Å²) in [5.74, 6) is 2.20. The van der Waals surface area contributed by atoms with E-state index in [0.29, 0.717) is 17.4 Å². The highest BCUT2D eigenvalue weighted by atomic mass is 16.5. The number of carbonyl (C=O) groups is 1. The highest BCUT2D eigenvalue weighted by Gasteiger charge is 2.16. The Hall–Kier alpha value is -3.22. The minimum Gasteiger partial charge on any atom is -0.481 e. The van der Waals surface area contributed by atoms with Gasteiger partial charge in [-0.2, -0.15) is 0 Å². The Morgan fingerprint density at radius 3 is 2.76 bits per heavy atom.